The zero-order valence-corrected chi connectivity index (χ0v) is 17.2. The van der Waals surface area contributed by atoms with Crippen LogP contribution < -0.4 is 27.0 Å². The number of hydrogen-bond acceptors (Lipinski definition) is 6. The zero-order chi connectivity index (χ0) is 19.4. The van der Waals surface area contributed by atoms with Gasteiger partial charge >= 0.3 is 0 Å². The largest absolute Gasteiger partial charge is 0.354 e. The molecule has 27 heavy (non-hydrogen) atoms. The third-order valence-electron chi connectivity index (χ3n) is 5.61. The van der Waals surface area contributed by atoms with Crippen LogP contribution in [-0.4, -0.2) is 48.1 Å². The highest BCUT2D eigenvalue weighted by atomic mass is 35.5. The van der Waals surface area contributed by atoms with Crippen molar-refractivity contribution in [3.63, 3.8) is 0 Å². The Balaban J connectivity index is 1.57. The number of nitrogens with one attached hydrogen (secondary N) is 5. The van der Waals surface area contributed by atoms with Crippen LogP contribution in [0.5, 0.6) is 0 Å². The molecule has 4 atom stereocenters. The molecule has 1 aliphatic carbocycles. The van der Waals surface area contributed by atoms with Gasteiger partial charge in [0.15, 0.2) is 5.96 Å². The quantitative estimate of drug-likeness (QED) is 0.274. The first kappa shape index (κ1) is 20.8. The van der Waals surface area contributed by atoms with Gasteiger partial charge in [-0.1, -0.05) is 0 Å². The Morgan fingerprint density at radius 3 is 2.59 bits per heavy atom. The fourth-order valence-electron chi connectivity index (χ4n) is 4.01. The standard InChI is InChI=1S/C18H33ClN6O2/c1-10(2)21-18(23-17(26)14-9-20-27-11(14)3)22-16-8-15(24-25-16)12-4-6-13(19)7-5-12/h10-16,20,24-25H,4-9H2,1-3H3,(H2,21,22,23,26). The van der Waals surface area contributed by atoms with Crippen molar-refractivity contribution in [3.8, 4) is 0 Å². The lowest BCUT2D eigenvalue weighted by atomic mass is 9.83. The first-order valence-electron chi connectivity index (χ1n) is 10.1. The van der Waals surface area contributed by atoms with Crippen molar-refractivity contribution in [2.45, 2.75) is 82.6 Å². The molecule has 2 heterocycles. The van der Waals surface area contributed by atoms with E-state index < -0.39 is 0 Å². The Hall–Kier alpha value is -0.930. The Bertz CT molecular complexity index is 538. The lowest BCUT2D eigenvalue weighted by Crippen LogP contribution is -2.48. The van der Waals surface area contributed by atoms with Crippen LogP contribution in [0.3, 0.4) is 0 Å². The van der Waals surface area contributed by atoms with Gasteiger partial charge in [0.05, 0.1) is 12.0 Å². The summed E-state index contributed by atoms with van der Waals surface area (Å²) in [4.78, 5) is 22.6. The maximum Gasteiger partial charge on any atom is 0.233 e. The van der Waals surface area contributed by atoms with Crippen LogP contribution in [0.2, 0.25) is 0 Å². The summed E-state index contributed by atoms with van der Waals surface area (Å²) in [5.74, 6) is 0.838. The van der Waals surface area contributed by atoms with E-state index in [4.69, 9.17) is 21.4 Å². The second-order valence-corrected chi connectivity index (χ2v) is 8.82. The molecule has 1 saturated carbocycles. The summed E-state index contributed by atoms with van der Waals surface area (Å²) in [6.07, 6.45) is 5.17. The van der Waals surface area contributed by atoms with Crippen LogP contribution in [0, 0.1) is 11.8 Å². The first-order chi connectivity index (χ1) is 12.9. The van der Waals surface area contributed by atoms with Crippen molar-refractivity contribution in [3.05, 3.63) is 0 Å². The third kappa shape index (κ3) is 5.77. The van der Waals surface area contributed by atoms with E-state index in [-0.39, 0.29) is 30.1 Å². The molecule has 3 fully saturated rings. The molecule has 0 bridgehead atoms. The predicted molar refractivity (Wildman–Crippen MR) is 106 cm³/mol. The van der Waals surface area contributed by atoms with E-state index in [9.17, 15) is 4.79 Å². The first-order valence-corrected chi connectivity index (χ1v) is 10.5. The van der Waals surface area contributed by atoms with E-state index in [0.29, 0.717) is 29.8 Å². The highest BCUT2D eigenvalue weighted by molar-refractivity contribution is 6.20. The van der Waals surface area contributed by atoms with Crippen molar-refractivity contribution in [2.75, 3.05) is 6.54 Å². The lowest BCUT2D eigenvalue weighted by Gasteiger charge is -2.29. The average molecular weight is 401 g/mol. The van der Waals surface area contributed by atoms with Crippen LogP contribution in [0.4, 0.5) is 0 Å². The molecule has 2 aliphatic heterocycles. The number of aliphatic imine (C=N–C) groups is 1. The summed E-state index contributed by atoms with van der Waals surface area (Å²) in [5.41, 5.74) is 9.45. The Morgan fingerprint density at radius 2 is 1.96 bits per heavy atom. The summed E-state index contributed by atoms with van der Waals surface area (Å²) in [5, 5.41) is 6.52. The number of hydrazine groups is 1. The van der Waals surface area contributed by atoms with E-state index in [2.05, 4.69) is 27.0 Å². The van der Waals surface area contributed by atoms with Gasteiger partial charge in [-0.25, -0.2) is 15.9 Å². The normalized spacial score (nSPS) is 37.6. The average Bonchev–Trinajstić information content (AvgIpc) is 3.24. The van der Waals surface area contributed by atoms with Crippen molar-refractivity contribution >= 4 is 23.5 Å². The van der Waals surface area contributed by atoms with Gasteiger partial charge in [0.1, 0.15) is 6.17 Å². The summed E-state index contributed by atoms with van der Waals surface area (Å²) >= 11 is 6.23. The van der Waals surface area contributed by atoms with E-state index in [1.165, 1.54) is 0 Å². The summed E-state index contributed by atoms with van der Waals surface area (Å²) in [6.45, 7) is 6.45. The minimum Gasteiger partial charge on any atom is -0.354 e. The second kappa shape index (κ2) is 9.52. The van der Waals surface area contributed by atoms with Crippen LogP contribution in [-0.2, 0) is 9.63 Å². The van der Waals surface area contributed by atoms with Crippen molar-refractivity contribution < 1.29 is 9.63 Å². The number of carbonyl (C=O) groups excluding carboxylic acids is 1. The topological polar surface area (TPSA) is 98.8 Å². The summed E-state index contributed by atoms with van der Waals surface area (Å²) < 4.78 is 0. The third-order valence-corrected chi connectivity index (χ3v) is 6.05. The van der Waals surface area contributed by atoms with E-state index >= 15 is 0 Å². The second-order valence-electron chi connectivity index (χ2n) is 8.20. The molecule has 2 saturated heterocycles. The molecule has 0 radical (unpaired) electrons. The Morgan fingerprint density at radius 1 is 1.22 bits per heavy atom. The molecular formula is C18H33ClN6O2. The number of halogens is 1. The van der Waals surface area contributed by atoms with Gasteiger partial charge in [0.2, 0.25) is 5.91 Å². The fraction of sp³-hybridized carbons (Fsp3) is 0.889. The Kier molecular flexibility index (Phi) is 7.33. The van der Waals surface area contributed by atoms with Crippen molar-refractivity contribution in [2.24, 2.45) is 16.8 Å². The molecule has 0 aromatic heterocycles. The van der Waals surface area contributed by atoms with Gasteiger partial charge in [-0.3, -0.25) is 20.4 Å². The molecule has 3 rings (SSSR count). The monoisotopic (exact) mass is 400 g/mol. The van der Waals surface area contributed by atoms with Gasteiger partial charge in [-0.15, -0.1) is 11.6 Å². The van der Waals surface area contributed by atoms with Crippen LogP contribution in [0.1, 0.15) is 52.9 Å². The molecule has 8 nitrogen and oxygen atoms in total. The minimum atomic E-state index is -0.225. The van der Waals surface area contributed by atoms with Crippen LogP contribution >= 0.6 is 11.6 Å². The minimum absolute atomic E-state index is 0.0688. The van der Waals surface area contributed by atoms with E-state index in [0.717, 1.165) is 32.1 Å². The zero-order valence-electron chi connectivity index (χ0n) is 16.4. The number of guanidine groups is 1. The van der Waals surface area contributed by atoms with Crippen LogP contribution in [0.25, 0.3) is 0 Å². The molecule has 4 unspecified atom stereocenters. The number of nitrogens with zero attached hydrogens (tertiary/aromatic N) is 1. The number of carbonyl (C=O) groups is 1. The molecule has 0 aromatic carbocycles. The predicted octanol–water partition coefficient (Wildman–Crippen LogP) is 0.986. The lowest BCUT2D eigenvalue weighted by molar-refractivity contribution is -0.124. The van der Waals surface area contributed by atoms with Gasteiger partial charge in [0.25, 0.3) is 0 Å². The van der Waals surface area contributed by atoms with E-state index in [1.807, 2.05) is 20.8 Å². The molecule has 9 heteroatoms. The van der Waals surface area contributed by atoms with Gasteiger partial charge < -0.3 is 5.32 Å². The highest BCUT2D eigenvalue weighted by Crippen LogP contribution is 2.32. The summed E-state index contributed by atoms with van der Waals surface area (Å²) in [7, 11) is 0. The fourth-order valence-corrected chi connectivity index (χ4v) is 4.26. The van der Waals surface area contributed by atoms with Gasteiger partial charge in [0, 0.05) is 30.4 Å². The maximum atomic E-state index is 12.6. The number of hydrogen-bond donors (Lipinski definition) is 5. The number of rotatable bonds is 4. The van der Waals surface area contributed by atoms with Gasteiger partial charge in [-0.2, -0.15) is 0 Å². The number of amides is 1. The SMILES string of the molecule is CC(C)N/C(=N\C1CC(C2CCC(Cl)CC2)NN1)NC(=O)C1CNOC1C. The van der Waals surface area contributed by atoms with Crippen molar-refractivity contribution in [1.29, 1.82) is 0 Å². The molecule has 154 valence electrons. The Labute approximate surface area is 166 Å². The molecule has 0 aromatic rings. The number of alkyl halides is 1. The van der Waals surface area contributed by atoms with Crippen LogP contribution in [0.15, 0.2) is 4.99 Å². The van der Waals surface area contributed by atoms with E-state index in [1.54, 1.807) is 0 Å². The van der Waals surface area contributed by atoms with Crippen molar-refractivity contribution in [1.82, 2.24) is 27.0 Å². The molecule has 1 amide bonds. The smallest absolute Gasteiger partial charge is 0.233 e. The summed E-state index contributed by atoms with van der Waals surface area (Å²) in [6, 6.07) is 0.565. The molecule has 0 spiro atoms. The molecular weight excluding hydrogens is 368 g/mol. The maximum absolute atomic E-state index is 12.6. The highest BCUT2D eigenvalue weighted by Gasteiger charge is 2.34. The molecule has 5 N–H and O–H groups in total. The molecule has 3 aliphatic rings. The van der Waals surface area contributed by atoms with Gasteiger partial charge in [-0.05, 0) is 52.4 Å². The number of hydroxylamine groups is 1.